The van der Waals surface area contributed by atoms with E-state index in [1.54, 1.807) is 0 Å². The van der Waals surface area contributed by atoms with Gasteiger partial charge in [-0.1, -0.05) is 65.3 Å². The molecule has 1 amide bonds. The Balaban J connectivity index is 1.48. The Morgan fingerprint density at radius 2 is 1.85 bits per heavy atom. The molecule has 4 rings (SSSR count). The molecule has 3 aromatic rings. The van der Waals surface area contributed by atoms with Gasteiger partial charge in [-0.05, 0) is 23.8 Å². The number of oxime groups is 1. The quantitative estimate of drug-likeness (QED) is 0.674. The van der Waals surface area contributed by atoms with Gasteiger partial charge in [-0.25, -0.2) is 0 Å². The lowest BCUT2D eigenvalue weighted by Gasteiger charge is -2.13. The van der Waals surface area contributed by atoms with E-state index >= 15 is 0 Å². The molecule has 0 aliphatic carbocycles. The topological polar surface area (TPSA) is 50.7 Å². The van der Waals surface area contributed by atoms with Crippen LogP contribution in [0.15, 0.2) is 71.9 Å². The first kappa shape index (κ1) is 16.8. The minimum absolute atomic E-state index is 0.213. The van der Waals surface area contributed by atoms with Crippen molar-refractivity contribution in [2.24, 2.45) is 5.16 Å². The summed E-state index contributed by atoms with van der Waals surface area (Å²) in [5.41, 5.74) is 3.50. The minimum Gasteiger partial charge on any atom is -0.382 e. The molecule has 1 unspecified atom stereocenters. The van der Waals surface area contributed by atoms with E-state index in [2.05, 4.69) is 10.5 Å². The van der Waals surface area contributed by atoms with E-state index in [4.69, 9.17) is 16.4 Å². The molecule has 130 valence electrons. The highest BCUT2D eigenvalue weighted by molar-refractivity contribution is 7.18. The molecule has 1 aliphatic heterocycles. The molecule has 0 radical (unpaired) electrons. The van der Waals surface area contributed by atoms with Crippen molar-refractivity contribution >= 4 is 40.2 Å². The molecule has 2 heterocycles. The second-order valence-corrected chi connectivity index (χ2v) is 7.56. The SMILES string of the molecule is O=C(Nc1ccccc1-c1ccccc1)C1CC(c2ccc(Cl)s2)=NO1. The first-order valence-corrected chi connectivity index (χ1v) is 9.34. The summed E-state index contributed by atoms with van der Waals surface area (Å²) in [5, 5.41) is 7.02. The van der Waals surface area contributed by atoms with Gasteiger partial charge < -0.3 is 10.2 Å². The monoisotopic (exact) mass is 382 g/mol. The first-order valence-electron chi connectivity index (χ1n) is 8.14. The zero-order valence-corrected chi connectivity index (χ0v) is 15.3. The lowest BCUT2D eigenvalue weighted by atomic mass is 10.0. The van der Waals surface area contributed by atoms with E-state index in [1.807, 2.05) is 66.7 Å². The van der Waals surface area contributed by atoms with Crippen LogP contribution in [0, 0.1) is 0 Å². The average Bonchev–Trinajstić information content (AvgIpc) is 3.32. The summed E-state index contributed by atoms with van der Waals surface area (Å²) >= 11 is 7.39. The van der Waals surface area contributed by atoms with Crippen molar-refractivity contribution in [3.8, 4) is 11.1 Å². The Labute approximate surface area is 160 Å². The van der Waals surface area contributed by atoms with Crippen LogP contribution in [-0.4, -0.2) is 17.7 Å². The molecule has 0 saturated heterocycles. The maximum atomic E-state index is 12.6. The van der Waals surface area contributed by atoms with Crippen molar-refractivity contribution in [2.45, 2.75) is 12.5 Å². The number of para-hydroxylation sites is 1. The number of benzene rings is 2. The van der Waals surface area contributed by atoms with Gasteiger partial charge in [0.1, 0.15) is 5.71 Å². The summed E-state index contributed by atoms with van der Waals surface area (Å²) in [7, 11) is 0. The summed E-state index contributed by atoms with van der Waals surface area (Å²) in [6, 6.07) is 21.4. The normalized spacial score (nSPS) is 16.0. The van der Waals surface area contributed by atoms with Gasteiger partial charge >= 0.3 is 0 Å². The van der Waals surface area contributed by atoms with E-state index in [-0.39, 0.29) is 5.91 Å². The summed E-state index contributed by atoms with van der Waals surface area (Å²) < 4.78 is 0.687. The number of amides is 1. The van der Waals surface area contributed by atoms with Crippen molar-refractivity contribution in [2.75, 3.05) is 5.32 Å². The zero-order valence-electron chi connectivity index (χ0n) is 13.7. The van der Waals surface area contributed by atoms with Crippen molar-refractivity contribution in [1.29, 1.82) is 0 Å². The second kappa shape index (κ2) is 7.32. The van der Waals surface area contributed by atoms with Gasteiger partial charge in [0.25, 0.3) is 5.91 Å². The van der Waals surface area contributed by atoms with Crippen LogP contribution in [0.5, 0.6) is 0 Å². The standard InChI is InChI=1S/C20H15ClN2O2S/c21-19-11-10-18(26-19)16-12-17(25-23-16)20(24)22-15-9-5-4-8-14(15)13-6-2-1-3-7-13/h1-11,17H,12H2,(H,22,24). The maximum absolute atomic E-state index is 12.6. The van der Waals surface area contributed by atoms with Gasteiger partial charge in [0.05, 0.1) is 9.21 Å². The minimum atomic E-state index is -0.644. The fraction of sp³-hybridized carbons (Fsp3) is 0.100. The van der Waals surface area contributed by atoms with Crippen molar-refractivity contribution in [1.82, 2.24) is 0 Å². The Hall–Kier alpha value is -2.63. The van der Waals surface area contributed by atoms with Gasteiger partial charge in [0.2, 0.25) is 6.10 Å². The number of carbonyl (C=O) groups is 1. The van der Waals surface area contributed by atoms with Crippen molar-refractivity contribution < 1.29 is 9.63 Å². The van der Waals surface area contributed by atoms with E-state index in [0.717, 1.165) is 27.4 Å². The van der Waals surface area contributed by atoms with Crippen LogP contribution < -0.4 is 5.32 Å². The number of nitrogens with one attached hydrogen (secondary N) is 1. The van der Waals surface area contributed by atoms with E-state index in [1.165, 1.54) is 11.3 Å². The fourth-order valence-electron chi connectivity index (χ4n) is 2.81. The zero-order chi connectivity index (χ0) is 17.9. The molecule has 0 bridgehead atoms. The van der Waals surface area contributed by atoms with Crippen LogP contribution in [0.25, 0.3) is 11.1 Å². The molecule has 1 atom stereocenters. The summed E-state index contributed by atoms with van der Waals surface area (Å²) in [4.78, 5) is 18.9. The highest BCUT2D eigenvalue weighted by atomic mass is 35.5. The molecule has 2 aromatic carbocycles. The van der Waals surface area contributed by atoms with Crippen molar-refractivity contribution in [3.05, 3.63) is 75.9 Å². The molecule has 0 spiro atoms. The summed E-state index contributed by atoms with van der Waals surface area (Å²) in [5.74, 6) is -0.213. The van der Waals surface area contributed by atoms with Gasteiger partial charge in [-0.15, -0.1) is 11.3 Å². The molecule has 6 heteroatoms. The predicted octanol–water partition coefficient (Wildman–Crippen LogP) is 5.20. The summed E-state index contributed by atoms with van der Waals surface area (Å²) in [6.07, 6.45) is -0.217. The van der Waals surface area contributed by atoms with E-state index in [0.29, 0.717) is 10.8 Å². The molecule has 0 saturated carbocycles. The van der Waals surface area contributed by atoms with E-state index < -0.39 is 6.10 Å². The lowest BCUT2D eigenvalue weighted by molar-refractivity contribution is -0.125. The van der Waals surface area contributed by atoms with Crippen LogP contribution in [0.1, 0.15) is 11.3 Å². The van der Waals surface area contributed by atoms with Crippen LogP contribution in [0.4, 0.5) is 5.69 Å². The van der Waals surface area contributed by atoms with Gasteiger partial charge in [-0.3, -0.25) is 4.79 Å². The number of carbonyl (C=O) groups excluding carboxylic acids is 1. The molecular formula is C20H15ClN2O2S. The Kier molecular flexibility index (Phi) is 4.73. The maximum Gasteiger partial charge on any atom is 0.268 e. The second-order valence-electron chi connectivity index (χ2n) is 5.84. The fourth-order valence-corrected chi connectivity index (χ4v) is 3.84. The Morgan fingerprint density at radius 1 is 1.08 bits per heavy atom. The molecular weight excluding hydrogens is 368 g/mol. The van der Waals surface area contributed by atoms with E-state index in [9.17, 15) is 4.79 Å². The number of halogens is 1. The molecule has 1 aliphatic rings. The van der Waals surface area contributed by atoms with Gasteiger partial charge in [0, 0.05) is 17.7 Å². The number of hydrogen-bond donors (Lipinski definition) is 1. The average molecular weight is 383 g/mol. The Bertz CT molecular complexity index is 969. The third-order valence-corrected chi connectivity index (χ3v) is 5.37. The van der Waals surface area contributed by atoms with Gasteiger partial charge in [0.15, 0.2) is 0 Å². The number of nitrogens with zero attached hydrogens (tertiary/aromatic N) is 1. The molecule has 1 aromatic heterocycles. The highest BCUT2D eigenvalue weighted by Gasteiger charge is 2.30. The number of hydrogen-bond acceptors (Lipinski definition) is 4. The van der Waals surface area contributed by atoms with Crippen LogP contribution in [-0.2, 0) is 9.63 Å². The molecule has 4 nitrogen and oxygen atoms in total. The molecule has 0 fully saturated rings. The number of anilines is 1. The smallest absolute Gasteiger partial charge is 0.268 e. The van der Waals surface area contributed by atoms with Crippen LogP contribution >= 0.6 is 22.9 Å². The Morgan fingerprint density at radius 3 is 2.62 bits per heavy atom. The van der Waals surface area contributed by atoms with Crippen molar-refractivity contribution in [3.63, 3.8) is 0 Å². The van der Waals surface area contributed by atoms with Crippen LogP contribution in [0.2, 0.25) is 4.34 Å². The largest absolute Gasteiger partial charge is 0.382 e. The predicted molar refractivity (Wildman–Crippen MR) is 106 cm³/mol. The molecule has 1 N–H and O–H groups in total. The third kappa shape index (κ3) is 3.49. The third-order valence-electron chi connectivity index (χ3n) is 4.09. The number of thiophene rings is 1. The first-order chi connectivity index (χ1) is 12.7. The highest BCUT2D eigenvalue weighted by Crippen LogP contribution is 2.29. The summed E-state index contributed by atoms with van der Waals surface area (Å²) in [6.45, 7) is 0. The number of rotatable bonds is 4. The molecule has 26 heavy (non-hydrogen) atoms. The lowest BCUT2D eigenvalue weighted by Crippen LogP contribution is -2.28. The van der Waals surface area contributed by atoms with Crippen LogP contribution in [0.3, 0.4) is 0 Å². The van der Waals surface area contributed by atoms with Gasteiger partial charge in [-0.2, -0.15) is 0 Å².